The molecule has 0 radical (unpaired) electrons. The Bertz CT molecular complexity index is 913. The monoisotopic (exact) mass is 279 g/mol. The molecule has 0 saturated carbocycles. The molecule has 0 N–H and O–H groups in total. The minimum Gasteiger partial charge on any atom is -0.330 e. The Morgan fingerprint density at radius 2 is 1.95 bits per heavy atom. The van der Waals surface area contributed by atoms with Crippen LogP contribution in [0.5, 0.6) is 0 Å². The molecule has 0 spiro atoms. The van der Waals surface area contributed by atoms with Crippen molar-refractivity contribution in [3.63, 3.8) is 0 Å². The maximum atomic E-state index is 5.21. The Hall–Kier alpha value is -3.16. The van der Waals surface area contributed by atoms with Gasteiger partial charge in [0.25, 0.3) is 11.7 Å². The standard InChI is InChI=1S/C13H9N7O/c1-8-5-7-15-13-17-11(18-20(8)13)12-16-10(19-21-12)9-4-2-3-6-14-9/h2-7H,1H3. The quantitative estimate of drug-likeness (QED) is 0.549. The van der Waals surface area contributed by atoms with Crippen molar-refractivity contribution in [2.45, 2.75) is 6.92 Å². The Balaban J connectivity index is 1.79. The highest BCUT2D eigenvalue weighted by molar-refractivity contribution is 5.52. The number of aryl methyl sites for hydroxylation is 1. The molecule has 0 aliphatic heterocycles. The summed E-state index contributed by atoms with van der Waals surface area (Å²) in [6.45, 7) is 1.92. The van der Waals surface area contributed by atoms with Crippen LogP contribution in [0.4, 0.5) is 0 Å². The zero-order valence-electron chi connectivity index (χ0n) is 11.0. The summed E-state index contributed by atoms with van der Waals surface area (Å²) in [4.78, 5) is 16.9. The first-order valence-electron chi connectivity index (χ1n) is 6.25. The van der Waals surface area contributed by atoms with Crippen molar-refractivity contribution in [2.75, 3.05) is 0 Å². The van der Waals surface area contributed by atoms with E-state index in [1.807, 2.05) is 25.1 Å². The van der Waals surface area contributed by atoms with E-state index in [9.17, 15) is 0 Å². The van der Waals surface area contributed by atoms with Gasteiger partial charge in [0, 0.05) is 18.1 Å². The fourth-order valence-electron chi connectivity index (χ4n) is 1.91. The van der Waals surface area contributed by atoms with E-state index in [0.717, 1.165) is 5.69 Å². The van der Waals surface area contributed by atoms with Gasteiger partial charge >= 0.3 is 0 Å². The second-order valence-corrected chi connectivity index (χ2v) is 4.37. The normalized spacial score (nSPS) is 11.1. The van der Waals surface area contributed by atoms with Crippen molar-refractivity contribution in [1.29, 1.82) is 0 Å². The van der Waals surface area contributed by atoms with E-state index in [0.29, 0.717) is 23.1 Å². The van der Waals surface area contributed by atoms with Crippen LogP contribution in [0.1, 0.15) is 5.69 Å². The lowest BCUT2D eigenvalue weighted by Crippen LogP contribution is -1.94. The van der Waals surface area contributed by atoms with Crippen molar-refractivity contribution in [3.05, 3.63) is 42.4 Å². The summed E-state index contributed by atoms with van der Waals surface area (Å²) in [6.07, 6.45) is 3.35. The van der Waals surface area contributed by atoms with Crippen molar-refractivity contribution >= 4 is 5.78 Å². The van der Waals surface area contributed by atoms with Crippen molar-refractivity contribution in [3.8, 4) is 23.2 Å². The molecule has 21 heavy (non-hydrogen) atoms. The average Bonchev–Trinajstić information content (AvgIpc) is 3.15. The van der Waals surface area contributed by atoms with Gasteiger partial charge in [0.1, 0.15) is 5.69 Å². The van der Waals surface area contributed by atoms with Crippen LogP contribution in [-0.4, -0.2) is 34.7 Å². The molecule has 0 aliphatic carbocycles. The highest BCUT2D eigenvalue weighted by Gasteiger charge is 2.16. The van der Waals surface area contributed by atoms with Crippen LogP contribution in [0.15, 0.2) is 41.2 Å². The lowest BCUT2D eigenvalue weighted by atomic mass is 10.3. The van der Waals surface area contributed by atoms with Crippen LogP contribution in [0.2, 0.25) is 0 Å². The van der Waals surface area contributed by atoms with E-state index >= 15 is 0 Å². The first-order valence-corrected chi connectivity index (χ1v) is 6.25. The Morgan fingerprint density at radius 1 is 1.00 bits per heavy atom. The molecule has 8 nitrogen and oxygen atoms in total. The number of hydrogen-bond donors (Lipinski definition) is 0. The van der Waals surface area contributed by atoms with E-state index in [1.165, 1.54) is 0 Å². The van der Waals surface area contributed by atoms with Gasteiger partial charge in [-0.1, -0.05) is 11.2 Å². The largest absolute Gasteiger partial charge is 0.330 e. The van der Waals surface area contributed by atoms with Crippen LogP contribution in [0, 0.1) is 6.92 Å². The third-order valence-corrected chi connectivity index (χ3v) is 2.94. The number of rotatable bonds is 2. The smallest absolute Gasteiger partial charge is 0.298 e. The van der Waals surface area contributed by atoms with E-state index in [2.05, 4.69) is 30.2 Å². The van der Waals surface area contributed by atoms with E-state index in [-0.39, 0.29) is 5.89 Å². The van der Waals surface area contributed by atoms with Gasteiger partial charge in [-0.3, -0.25) is 4.98 Å². The van der Waals surface area contributed by atoms with Crippen LogP contribution in [0.25, 0.3) is 29.0 Å². The molecule has 0 atom stereocenters. The Labute approximate surface area is 118 Å². The highest BCUT2D eigenvalue weighted by atomic mass is 16.5. The minimum atomic E-state index is 0.237. The first-order chi connectivity index (χ1) is 10.3. The predicted molar refractivity (Wildman–Crippen MR) is 72.0 cm³/mol. The molecular weight excluding hydrogens is 270 g/mol. The van der Waals surface area contributed by atoms with Gasteiger partial charge in [-0.2, -0.15) is 9.97 Å². The topological polar surface area (TPSA) is 94.9 Å². The lowest BCUT2D eigenvalue weighted by molar-refractivity contribution is 0.429. The number of nitrogens with zero attached hydrogens (tertiary/aromatic N) is 7. The second-order valence-electron chi connectivity index (χ2n) is 4.37. The van der Waals surface area contributed by atoms with Gasteiger partial charge in [-0.15, -0.1) is 5.10 Å². The molecule has 0 saturated heterocycles. The zero-order valence-corrected chi connectivity index (χ0v) is 11.0. The van der Waals surface area contributed by atoms with Crippen LogP contribution >= 0.6 is 0 Å². The molecule has 0 unspecified atom stereocenters. The molecule has 4 rings (SSSR count). The maximum Gasteiger partial charge on any atom is 0.298 e. The SMILES string of the molecule is Cc1ccnc2nc(-c3nc(-c4ccccn4)no3)nn12. The second kappa shape index (κ2) is 4.44. The fraction of sp³-hybridized carbons (Fsp3) is 0.0769. The number of fused-ring (bicyclic) bond motifs is 1. The van der Waals surface area contributed by atoms with Crippen LogP contribution < -0.4 is 0 Å². The molecule has 4 aromatic heterocycles. The highest BCUT2D eigenvalue weighted by Crippen LogP contribution is 2.18. The van der Waals surface area contributed by atoms with Gasteiger partial charge < -0.3 is 4.52 Å². The minimum absolute atomic E-state index is 0.237. The van der Waals surface area contributed by atoms with Gasteiger partial charge in [-0.05, 0) is 25.1 Å². The lowest BCUT2D eigenvalue weighted by Gasteiger charge is -1.92. The molecular formula is C13H9N7O. The number of aromatic nitrogens is 7. The Morgan fingerprint density at radius 3 is 2.76 bits per heavy atom. The van der Waals surface area contributed by atoms with Gasteiger partial charge in [0.05, 0.1) is 0 Å². The van der Waals surface area contributed by atoms with Crippen molar-refractivity contribution in [2.24, 2.45) is 0 Å². The Kier molecular flexibility index (Phi) is 2.46. The number of hydrogen-bond acceptors (Lipinski definition) is 7. The summed E-state index contributed by atoms with van der Waals surface area (Å²) < 4.78 is 6.83. The molecule has 0 fully saturated rings. The van der Waals surface area contributed by atoms with Crippen LogP contribution in [0.3, 0.4) is 0 Å². The summed E-state index contributed by atoms with van der Waals surface area (Å²) in [7, 11) is 0. The molecule has 4 aromatic rings. The predicted octanol–water partition coefficient (Wildman–Crippen LogP) is 1.54. The summed E-state index contributed by atoms with van der Waals surface area (Å²) in [5.41, 5.74) is 1.55. The maximum absolute atomic E-state index is 5.21. The van der Waals surface area contributed by atoms with Gasteiger partial charge in [0.2, 0.25) is 11.6 Å². The third-order valence-electron chi connectivity index (χ3n) is 2.94. The van der Waals surface area contributed by atoms with Crippen molar-refractivity contribution < 1.29 is 4.52 Å². The molecule has 8 heteroatoms. The first kappa shape index (κ1) is 11.6. The summed E-state index contributed by atoms with van der Waals surface area (Å²) >= 11 is 0. The number of pyridine rings is 1. The zero-order chi connectivity index (χ0) is 14.2. The molecule has 0 bridgehead atoms. The molecule has 4 heterocycles. The molecule has 0 amide bonds. The summed E-state index contributed by atoms with van der Waals surface area (Å²) in [6, 6.07) is 7.33. The van der Waals surface area contributed by atoms with Crippen molar-refractivity contribution in [1.82, 2.24) is 34.7 Å². The molecule has 102 valence electrons. The van der Waals surface area contributed by atoms with Gasteiger partial charge in [0.15, 0.2) is 0 Å². The molecule has 0 aliphatic rings. The summed E-state index contributed by atoms with van der Waals surface area (Å²) in [5.74, 6) is 1.46. The molecule has 0 aromatic carbocycles. The van der Waals surface area contributed by atoms with E-state index in [1.54, 1.807) is 23.0 Å². The average molecular weight is 279 g/mol. The van der Waals surface area contributed by atoms with Crippen LogP contribution in [-0.2, 0) is 0 Å². The third kappa shape index (κ3) is 1.93. The fourth-order valence-corrected chi connectivity index (χ4v) is 1.91. The van der Waals surface area contributed by atoms with E-state index < -0.39 is 0 Å². The summed E-state index contributed by atoms with van der Waals surface area (Å²) in [5, 5.41) is 8.21. The van der Waals surface area contributed by atoms with Gasteiger partial charge in [-0.25, -0.2) is 9.50 Å². The van der Waals surface area contributed by atoms with E-state index in [4.69, 9.17) is 4.52 Å².